The van der Waals surface area contributed by atoms with E-state index < -0.39 is 15.9 Å². The minimum absolute atomic E-state index is 0.0298. The lowest BCUT2D eigenvalue weighted by molar-refractivity contribution is 0.0870. The van der Waals surface area contributed by atoms with Crippen molar-refractivity contribution in [2.45, 2.75) is 24.2 Å². The van der Waals surface area contributed by atoms with E-state index >= 15 is 0 Å². The van der Waals surface area contributed by atoms with Crippen LogP contribution in [0.3, 0.4) is 0 Å². The van der Waals surface area contributed by atoms with Gasteiger partial charge < -0.3 is 5.73 Å². The van der Waals surface area contributed by atoms with Gasteiger partial charge in [0, 0.05) is 18.7 Å². The number of rotatable bonds is 4. The van der Waals surface area contributed by atoms with Crippen LogP contribution in [0.4, 0.5) is 5.69 Å². The molecule has 1 aromatic carbocycles. The molecule has 0 saturated carbocycles. The number of nitrogens with zero attached hydrogens (tertiary/aromatic N) is 2. The van der Waals surface area contributed by atoms with Gasteiger partial charge in [0.25, 0.3) is 15.9 Å². The molecule has 7 heteroatoms. The molecule has 0 unspecified atom stereocenters. The highest BCUT2D eigenvalue weighted by Crippen LogP contribution is 2.31. The van der Waals surface area contributed by atoms with Crippen molar-refractivity contribution < 1.29 is 13.2 Å². The van der Waals surface area contributed by atoms with E-state index in [1.807, 2.05) is 6.07 Å². The zero-order valence-electron chi connectivity index (χ0n) is 10.2. The van der Waals surface area contributed by atoms with Gasteiger partial charge in [-0.15, -0.1) is 0 Å². The first-order chi connectivity index (χ1) is 8.98. The van der Waals surface area contributed by atoms with Crippen molar-refractivity contribution in [1.82, 2.24) is 4.31 Å². The number of fused-ring (bicyclic) bond motifs is 1. The Morgan fingerprint density at radius 2 is 2.05 bits per heavy atom. The molecule has 0 aromatic heterocycles. The molecule has 0 fully saturated rings. The number of carbonyl (C=O) groups excluding carboxylic acids is 1. The molecule has 19 heavy (non-hydrogen) atoms. The van der Waals surface area contributed by atoms with Crippen LogP contribution in [-0.4, -0.2) is 25.2 Å². The summed E-state index contributed by atoms with van der Waals surface area (Å²) < 4.78 is 25.2. The fraction of sp³-hybridized carbons (Fsp3) is 0.333. The second kappa shape index (κ2) is 4.90. The van der Waals surface area contributed by atoms with Crippen LogP contribution in [0.1, 0.15) is 29.6 Å². The maximum atomic E-state index is 12.2. The topological polar surface area (TPSA) is 104 Å². The van der Waals surface area contributed by atoms with E-state index in [2.05, 4.69) is 0 Å². The second-order valence-electron chi connectivity index (χ2n) is 4.25. The predicted molar refractivity (Wildman–Crippen MR) is 68.5 cm³/mol. The van der Waals surface area contributed by atoms with Crippen molar-refractivity contribution in [1.29, 1.82) is 5.26 Å². The maximum absolute atomic E-state index is 12.2. The van der Waals surface area contributed by atoms with Crippen molar-refractivity contribution in [3.05, 3.63) is 23.8 Å². The van der Waals surface area contributed by atoms with Crippen molar-refractivity contribution >= 4 is 21.6 Å². The fourth-order valence-corrected chi connectivity index (χ4v) is 3.61. The number of nitrogens with two attached hydrogens (primary N) is 1. The first-order valence-corrected chi connectivity index (χ1v) is 7.26. The summed E-state index contributed by atoms with van der Waals surface area (Å²) in [4.78, 5) is 12.0. The Kier molecular flexibility index (Phi) is 3.44. The summed E-state index contributed by atoms with van der Waals surface area (Å²) in [5.41, 5.74) is 6.02. The van der Waals surface area contributed by atoms with Crippen molar-refractivity contribution in [2.24, 2.45) is 0 Å². The molecule has 6 nitrogen and oxygen atoms in total. The first-order valence-electron chi connectivity index (χ1n) is 5.82. The zero-order valence-corrected chi connectivity index (χ0v) is 11.0. The molecule has 0 atom stereocenters. The standard InChI is InChI=1S/C12H13N3O3S/c13-6-2-1-3-7-15-12(16)10-5-4-9(14)8-11(10)19(15,17)18/h4-5,8H,1-3,7,14H2. The average Bonchev–Trinajstić information content (AvgIpc) is 2.54. The van der Waals surface area contributed by atoms with Crippen LogP contribution in [0.2, 0.25) is 0 Å². The SMILES string of the molecule is N#CCCCCN1C(=O)c2ccc(N)cc2S1(=O)=O. The smallest absolute Gasteiger partial charge is 0.269 e. The zero-order chi connectivity index (χ0) is 14.0. The number of carbonyl (C=O) groups is 1. The third-order valence-electron chi connectivity index (χ3n) is 2.93. The van der Waals surface area contributed by atoms with Crippen LogP contribution in [0.25, 0.3) is 0 Å². The van der Waals surface area contributed by atoms with E-state index in [-0.39, 0.29) is 17.0 Å². The van der Waals surface area contributed by atoms with Crippen LogP contribution in [0, 0.1) is 11.3 Å². The lowest BCUT2D eigenvalue weighted by atomic mass is 10.2. The van der Waals surface area contributed by atoms with E-state index in [4.69, 9.17) is 11.0 Å². The Balaban J connectivity index is 2.26. The van der Waals surface area contributed by atoms with Crippen LogP contribution in [0.5, 0.6) is 0 Å². The highest BCUT2D eigenvalue weighted by molar-refractivity contribution is 7.90. The molecule has 1 aliphatic rings. The molecule has 1 heterocycles. The monoisotopic (exact) mass is 279 g/mol. The average molecular weight is 279 g/mol. The molecule has 0 radical (unpaired) electrons. The number of hydrogen-bond acceptors (Lipinski definition) is 5. The normalized spacial score (nSPS) is 16.2. The third kappa shape index (κ3) is 2.27. The second-order valence-corrected chi connectivity index (χ2v) is 6.08. The molecule has 0 saturated heterocycles. The lowest BCUT2D eigenvalue weighted by Gasteiger charge is -2.14. The Bertz CT molecular complexity index is 661. The lowest BCUT2D eigenvalue weighted by Crippen LogP contribution is -2.30. The quantitative estimate of drug-likeness (QED) is 0.656. The van der Waals surface area contributed by atoms with Gasteiger partial charge in [0.2, 0.25) is 0 Å². The Morgan fingerprint density at radius 1 is 1.32 bits per heavy atom. The summed E-state index contributed by atoms with van der Waals surface area (Å²) >= 11 is 0. The van der Waals surface area contributed by atoms with Gasteiger partial charge in [-0.05, 0) is 31.0 Å². The van der Waals surface area contributed by atoms with Gasteiger partial charge in [-0.3, -0.25) is 4.79 Å². The van der Waals surface area contributed by atoms with Crippen LogP contribution < -0.4 is 5.73 Å². The van der Waals surface area contributed by atoms with Crippen LogP contribution in [-0.2, 0) is 10.0 Å². The van der Waals surface area contributed by atoms with Gasteiger partial charge in [0.05, 0.1) is 11.6 Å². The molecular weight excluding hydrogens is 266 g/mol. The van der Waals surface area contributed by atoms with Crippen LogP contribution >= 0.6 is 0 Å². The Hall–Kier alpha value is -2.07. The molecule has 1 aromatic rings. The summed E-state index contributed by atoms with van der Waals surface area (Å²) in [5.74, 6) is -0.521. The molecule has 0 spiro atoms. The number of unbranched alkanes of at least 4 members (excludes halogenated alkanes) is 2. The summed E-state index contributed by atoms with van der Waals surface area (Å²) in [5, 5.41) is 8.42. The molecule has 2 N–H and O–H groups in total. The molecule has 0 bridgehead atoms. The van der Waals surface area contributed by atoms with Gasteiger partial charge in [-0.2, -0.15) is 5.26 Å². The number of amides is 1. The molecule has 2 rings (SSSR count). The summed E-state index contributed by atoms with van der Waals surface area (Å²) in [6.07, 6.45) is 1.39. The van der Waals surface area contributed by atoms with Gasteiger partial charge in [0.15, 0.2) is 0 Å². The fourth-order valence-electron chi connectivity index (χ4n) is 1.97. The van der Waals surface area contributed by atoms with Gasteiger partial charge in [-0.25, -0.2) is 12.7 Å². The maximum Gasteiger partial charge on any atom is 0.269 e. The van der Waals surface area contributed by atoms with Crippen LogP contribution in [0.15, 0.2) is 23.1 Å². The number of hydrogen-bond donors (Lipinski definition) is 1. The number of anilines is 1. The molecule has 100 valence electrons. The minimum Gasteiger partial charge on any atom is -0.399 e. The summed E-state index contributed by atoms with van der Waals surface area (Å²) in [6, 6.07) is 6.22. The van der Waals surface area contributed by atoms with E-state index in [9.17, 15) is 13.2 Å². The number of nitrogen functional groups attached to an aromatic ring is 1. The van der Waals surface area contributed by atoms with Gasteiger partial charge in [0.1, 0.15) is 4.90 Å². The van der Waals surface area contributed by atoms with E-state index in [1.165, 1.54) is 18.2 Å². The number of sulfonamides is 1. The molecular formula is C12H13N3O3S. The largest absolute Gasteiger partial charge is 0.399 e. The van der Waals surface area contributed by atoms with Crippen molar-refractivity contribution in [3.8, 4) is 6.07 Å². The third-order valence-corrected chi connectivity index (χ3v) is 4.75. The molecule has 0 aliphatic carbocycles. The van der Waals surface area contributed by atoms with Gasteiger partial charge in [-0.1, -0.05) is 0 Å². The highest BCUT2D eigenvalue weighted by atomic mass is 32.2. The minimum atomic E-state index is -3.78. The van der Waals surface area contributed by atoms with Crippen molar-refractivity contribution in [3.63, 3.8) is 0 Å². The number of nitriles is 1. The van der Waals surface area contributed by atoms with E-state index in [0.29, 0.717) is 24.9 Å². The Labute approximate surface area is 111 Å². The van der Waals surface area contributed by atoms with Gasteiger partial charge >= 0.3 is 0 Å². The summed E-state index contributed by atoms with van der Waals surface area (Å²) in [7, 11) is -3.78. The number of benzene rings is 1. The Morgan fingerprint density at radius 3 is 2.74 bits per heavy atom. The van der Waals surface area contributed by atoms with E-state index in [0.717, 1.165) is 4.31 Å². The highest BCUT2D eigenvalue weighted by Gasteiger charge is 2.40. The van der Waals surface area contributed by atoms with Crippen molar-refractivity contribution in [2.75, 3.05) is 12.3 Å². The predicted octanol–water partition coefficient (Wildman–Crippen LogP) is 1.11. The molecule has 1 aliphatic heterocycles. The molecule has 1 amide bonds. The summed E-state index contributed by atoms with van der Waals surface area (Å²) in [6.45, 7) is 0.0947. The first kappa shape index (κ1) is 13.4. The van der Waals surface area contributed by atoms with E-state index in [1.54, 1.807) is 0 Å².